The van der Waals surface area contributed by atoms with Crippen LogP contribution in [0, 0.1) is 0 Å². The van der Waals surface area contributed by atoms with Crippen LogP contribution in [0.2, 0.25) is 0 Å². The summed E-state index contributed by atoms with van der Waals surface area (Å²) in [6, 6.07) is 12.1. The number of rotatable bonds is 6. The number of aromatic carboxylic acids is 1. The molecule has 8 heteroatoms. The molecule has 1 aromatic heterocycles. The number of carboxylic acids is 2. The fraction of sp³-hybridized carbons (Fsp3) is 0.273. The number of nitrogens with zero attached hydrogens (tertiary/aromatic N) is 2. The molecule has 0 atom stereocenters. The Morgan fingerprint density at radius 3 is 2.50 bits per heavy atom. The quantitative estimate of drug-likeness (QED) is 0.576. The zero-order valence-electron chi connectivity index (χ0n) is 16.2. The highest BCUT2D eigenvalue weighted by Gasteiger charge is 2.24. The average molecular weight is 407 g/mol. The van der Waals surface area contributed by atoms with E-state index in [2.05, 4.69) is 9.88 Å². The second kappa shape index (κ2) is 7.98. The summed E-state index contributed by atoms with van der Waals surface area (Å²) in [5, 5.41) is 20.4. The monoisotopic (exact) mass is 407 g/mol. The molecule has 2 aromatic carbocycles. The first-order chi connectivity index (χ1) is 14.4. The van der Waals surface area contributed by atoms with Gasteiger partial charge in [-0.25, -0.2) is 9.78 Å². The van der Waals surface area contributed by atoms with Crippen molar-refractivity contribution in [3.8, 4) is 11.4 Å². The molecule has 1 aliphatic carbocycles. The van der Waals surface area contributed by atoms with E-state index >= 15 is 0 Å². The average Bonchev–Trinajstić information content (AvgIpc) is 3.38. The zero-order chi connectivity index (χ0) is 21.3. The molecule has 1 amide bonds. The number of benzene rings is 2. The summed E-state index contributed by atoms with van der Waals surface area (Å²) in [5.74, 6) is -1.93. The van der Waals surface area contributed by atoms with Gasteiger partial charge in [0.05, 0.1) is 16.6 Å². The van der Waals surface area contributed by atoms with E-state index < -0.39 is 24.4 Å². The first-order valence-corrected chi connectivity index (χ1v) is 9.80. The first kappa shape index (κ1) is 19.6. The van der Waals surface area contributed by atoms with Crippen LogP contribution in [-0.4, -0.2) is 44.2 Å². The predicted octanol–water partition coefficient (Wildman–Crippen LogP) is 3.33. The first-order valence-electron chi connectivity index (χ1n) is 9.80. The molecule has 0 spiro atoms. The summed E-state index contributed by atoms with van der Waals surface area (Å²) in [5.41, 5.74) is 2.69. The van der Waals surface area contributed by atoms with Crippen LogP contribution in [0.5, 0.6) is 0 Å². The van der Waals surface area contributed by atoms with E-state index in [1.807, 2.05) is 6.07 Å². The van der Waals surface area contributed by atoms with E-state index in [0.29, 0.717) is 16.9 Å². The van der Waals surface area contributed by atoms with Gasteiger partial charge in [0.25, 0.3) is 5.91 Å². The minimum Gasteiger partial charge on any atom is -0.480 e. The normalized spacial score (nSPS) is 14.1. The summed E-state index contributed by atoms with van der Waals surface area (Å²) in [7, 11) is 0. The van der Waals surface area contributed by atoms with Crippen molar-refractivity contribution in [2.45, 2.75) is 31.7 Å². The number of hydrogen-bond acceptors (Lipinski definition) is 4. The van der Waals surface area contributed by atoms with Gasteiger partial charge < -0.3 is 20.1 Å². The Bertz CT molecular complexity index is 1140. The van der Waals surface area contributed by atoms with Crippen LogP contribution in [0.1, 0.15) is 52.4 Å². The lowest BCUT2D eigenvalue weighted by molar-refractivity contribution is -0.135. The number of carbonyl (C=O) groups is 3. The number of fused-ring (bicyclic) bond motifs is 1. The van der Waals surface area contributed by atoms with Crippen molar-refractivity contribution < 1.29 is 24.6 Å². The van der Waals surface area contributed by atoms with E-state index in [9.17, 15) is 19.5 Å². The maximum atomic E-state index is 12.3. The second-order valence-corrected chi connectivity index (χ2v) is 7.41. The van der Waals surface area contributed by atoms with Gasteiger partial charge >= 0.3 is 11.9 Å². The van der Waals surface area contributed by atoms with E-state index in [0.717, 1.165) is 36.8 Å². The second-order valence-electron chi connectivity index (χ2n) is 7.41. The fourth-order valence-electron chi connectivity index (χ4n) is 4.02. The van der Waals surface area contributed by atoms with Crippen LogP contribution in [0.25, 0.3) is 22.4 Å². The third-order valence-electron chi connectivity index (χ3n) is 5.41. The smallest absolute Gasteiger partial charge is 0.335 e. The lowest BCUT2D eigenvalue weighted by Gasteiger charge is -2.17. The number of aliphatic carboxylic acids is 1. The molecule has 0 unspecified atom stereocenters. The number of imidazole rings is 1. The minimum atomic E-state index is -1.11. The highest BCUT2D eigenvalue weighted by Crippen LogP contribution is 2.37. The summed E-state index contributed by atoms with van der Waals surface area (Å²) >= 11 is 0. The van der Waals surface area contributed by atoms with E-state index in [1.54, 1.807) is 36.4 Å². The Labute approximate surface area is 172 Å². The van der Waals surface area contributed by atoms with Crippen LogP contribution in [0.3, 0.4) is 0 Å². The zero-order valence-corrected chi connectivity index (χ0v) is 16.2. The summed E-state index contributed by atoms with van der Waals surface area (Å²) < 4.78 is 2.14. The predicted molar refractivity (Wildman–Crippen MR) is 110 cm³/mol. The van der Waals surface area contributed by atoms with Gasteiger partial charge in [-0.15, -0.1) is 0 Å². The van der Waals surface area contributed by atoms with Crippen LogP contribution in [-0.2, 0) is 4.79 Å². The number of carboxylic acid groups (broad SMARTS) is 2. The lowest BCUT2D eigenvalue weighted by Crippen LogP contribution is -2.29. The molecule has 1 saturated carbocycles. The SMILES string of the molecule is O=C(O)CNC(=O)c1cccc(-c2nc3cc(C(=O)O)ccc3n2C2CCCC2)c1. The fourth-order valence-corrected chi connectivity index (χ4v) is 4.02. The molecular weight excluding hydrogens is 386 g/mol. The van der Waals surface area contributed by atoms with Crippen molar-refractivity contribution in [2.24, 2.45) is 0 Å². The van der Waals surface area contributed by atoms with Gasteiger partial charge in [0.15, 0.2) is 0 Å². The van der Waals surface area contributed by atoms with Gasteiger partial charge in [-0.1, -0.05) is 25.0 Å². The summed E-state index contributed by atoms with van der Waals surface area (Å²) in [6.07, 6.45) is 4.26. The van der Waals surface area contributed by atoms with Crippen molar-refractivity contribution in [1.82, 2.24) is 14.9 Å². The van der Waals surface area contributed by atoms with Gasteiger partial charge in [-0.2, -0.15) is 0 Å². The highest BCUT2D eigenvalue weighted by atomic mass is 16.4. The van der Waals surface area contributed by atoms with Gasteiger partial charge in [0.1, 0.15) is 12.4 Å². The van der Waals surface area contributed by atoms with Crippen LogP contribution in [0.15, 0.2) is 42.5 Å². The number of aromatic nitrogens is 2. The van der Waals surface area contributed by atoms with Crippen molar-refractivity contribution >= 4 is 28.9 Å². The standard InChI is InChI=1S/C22H21N3O5/c26-19(27)12-23-21(28)14-5-3-4-13(10-14)20-24-17-11-15(22(29)30)8-9-18(17)25(20)16-6-1-2-7-16/h3-5,8-11,16H,1-2,6-7,12H2,(H,23,28)(H,26,27)(H,29,30). The molecule has 0 aliphatic heterocycles. The Kier molecular flexibility index (Phi) is 5.22. The Balaban J connectivity index is 1.80. The molecule has 0 bridgehead atoms. The van der Waals surface area contributed by atoms with Gasteiger partial charge in [-0.05, 0) is 43.2 Å². The van der Waals surface area contributed by atoms with E-state index in [1.165, 1.54) is 0 Å². The topological polar surface area (TPSA) is 122 Å². The third kappa shape index (κ3) is 3.76. The summed E-state index contributed by atoms with van der Waals surface area (Å²) in [4.78, 5) is 39.1. The molecule has 4 rings (SSSR count). The van der Waals surface area contributed by atoms with Crippen molar-refractivity contribution in [1.29, 1.82) is 0 Å². The highest BCUT2D eigenvalue weighted by molar-refractivity contribution is 5.97. The maximum absolute atomic E-state index is 12.3. The lowest BCUT2D eigenvalue weighted by atomic mass is 10.1. The van der Waals surface area contributed by atoms with E-state index in [-0.39, 0.29) is 11.6 Å². The maximum Gasteiger partial charge on any atom is 0.335 e. The molecule has 0 radical (unpaired) electrons. The Morgan fingerprint density at radius 1 is 1.03 bits per heavy atom. The minimum absolute atomic E-state index is 0.173. The molecule has 0 saturated heterocycles. The van der Waals surface area contributed by atoms with Crippen LogP contribution < -0.4 is 5.32 Å². The van der Waals surface area contributed by atoms with E-state index in [4.69, 9.17) is 10.1 Å². The Hall–Kier alpha value is -3.68. The molecule has 1 fully saturated rings. The van der Waals surface area contributed by atoms with Crippen molar-refractivity contribution in [3.05, 3.63) is 53.6 Å². The molecule has 154 valence electrons. The molecule has 1 aliphatic rings. The molecule has 1 heterocycles. The number of hydrogen-bond donors (Lipinski definition) is 3. The van der Waals surface area contributed by atoms with Crippen molar-refractivity contribution in [2.75, 3.05) is 6.54 Å². The van der Waals surface area contributed by atoms with Crippen LogP contribution in [0.4, 0.5) is 0 Å². The molecule has 3 aromatic rings. The van der Waals surface area contributed by atoms with Gasteiger partial charge in [0, 0.05) is 17.2 Å². The largest absolute Gasteiger partial charge is 0.480 e. The molecular formula is C22H21N3O5. The van der Waals surface area contributed by atoms with Crippen LogP contribution >= 0.6 is 0 Å². The molecule has 30 heavy (non-hydrogen) atoms. The van der Waals surface area contributed by atoms with Gasteiger partial charge in [0.2, 0.25) is 0 Å². The number of carbonyl (C=O) groups excluding carboxylic acids is 1. The van der Waals surface area contributed by atoms with Crippen molar-refractivity contribution in [3.63, 3.8) is 0 Å². The van der Waals surface area contributed by atoms with Gasteiger partial charge in [-0.3, -0.25) is 9.59 Å². The molecule has 3 N–H and O–H groups in total. The number of nitrogens with one attached hydrogen (secondary N) is 1. The molecule has 8 nitrogen and oxygen atoms in total. The Morgan fingerprint density at radius 2 is 1.80 bits per heavy atom. The third-order valence-corrected chi connectivity index (χ3v) is 5.41. The summed E-state index contributed by atoms with van der Waals surface area (Å²) in [6.45, 7) is -0.457. The number of amides is 1.